The molecule has 0 unspecified atom stereocenters. The summed E-state index contributed by atoms with van der Waals surface area (Å²) < 4.78 is 32.0. The van der Waals surface area contributed by atoms with Gasteiger partial charge in [-0.05, 0) is 40.0 Å². The van der Waals surface area contributed by atoms with Crippen molar-refractivity contribution in [3.63, 3.8) is 0 Å². The summed E-state index contributed by atoms with van der Waals surface area (Å²) in [4.78, 5) is 12.3. The van der Waals surface area contributed by atoms with Gasteiger partial charge in [0.25, 0.3) is 0 Å². The van der Waals surface area contributed by atoms with E-state index in [9.17, 15) is 13.2 Å². The predicted octanol–water partition coefficient (Wildman–Crippen LogP) is 1.01. The number of carbonyl (C=O) groups is 1. The van der Waals surface area contributed by atoms with Crippen LogP contribution in [0.4, 0.5) is 4.79 Å². The molecule has 122 valence electrons. The van der Waals surface area contributed by atoms with E-state index in [1.165, 1.54) is 4.90 Å². The van der Waals surface area contributed by atoms with Gasteiger partial charge in [0.15, 0.2) is 0 Å². The molecule has 0 aliphatic carbocycles. The van der Waals surface area contributed by atoms with Crippen LogP contribution in [0.25, 0.3) is 0 Å². The van der Waals surface area contributed by atoms with Crippen LogP contribution in [-0.2, 0) is 14.8 Å². The standard InChI is InChI=1S/C13H24N2O5S/c1-12(2,3)21(18,19)14-10-8-13(20-9-10)4-6-15(7-5-13)11(16)17/h10,14H,4-9H2,1-3H3,(H,16,17)/t10-/m1/s1. The molecule has 0 bridgehead atoms. The molecular formula is C13H24N2O5S. The Morgan fingerprint density at radius 1 is 1.33 bits per heavy atom. The van der Waals surface area contributed by atoms with E-state index in [0.29, 0.717) is 39.0 Å². The van der Waals surface area contributed by atoms with Gasteiger partial charge in [0.2, 0.25) is 10.0 Å². The molecule has 2 fully saturated rings. The maximum Gasteiger partial charge on any atom is 0.407 e. The SMILES string of the molecule is CC(C)(C)S(=O)(=O)N[C@H]1COC2(CCN(C(=O)O)CC2)C1. The zero-order valence-corrected chi connectivity index (χ0v) is 13.6. The fourth-order valence-electron chi connectivity index (χ4n) is 2.77. The van der Waals surface area contributed by atoms with Crippen molar-refractivity contribution in [2.45, 2.75) is 56.4 Å². The summed E-state index contributed by atoms with van der Waals surface area (Å²) >= 11 is 0. The molecule has 0 aromatic rings. The minimum Gasteiger partial charge on any atom is -0.465 e. The van der Waals surface area contributed by atoms with Crippen molar-refractivity contribution >= 4 is 16.1 Å². The van der Waals surface area contributed by atoms with Crippen LogP contribution in [0.3, 0.4) is 0 Å². The van der Waals surface area contributed by atoms with Crippen LogP contribution in [0.2, 0.25) is 0 Å². The van der Waals surface area contributed by atoms with Crippen LogP contribution >= 0.6 is 0 Å². The Bertz CT molecular complexity index is 503. The molecule has 0 aromatic heterocycles. The molecule has 7 nitrogen and oxygen atoms in total. The van der Waals surface area contributed by atoms with Crippen molar-refractivity contribution in [1.82, 2.24) is 9.62 Å². The van der Waals surface area contributed by atoms with Crippen LogP contribution in [0, 0.1) is 0 Å². The quantitative estimate of drug-likeness (QED) is 0.791. The third-order valence-corrected chi connectivity index (χ3v) is 6.54. The number of ether oxygens (including phenoxy) is 1. The summed E-state index contributed by atoms with van der Waals surface area (Å²) in [5.74, 6) is 0. The number of hydrogen-bond donors (Lipinski definition) is 2. The number of rotatable bonds is 2. The van der Waals surface area contributed by atoms with Crippen molar-refractivity contribution in [3.8, 4) is 0 Å². The van der Waals surface area contributed by atoms with Gasteiger partial charge in [-0.3, -0.25) is 0 Å². The van der Waals surface area contributed by atoms with Crippen molar-refractivity contribution in [3.05, 3.63) is 0 Å². The first kappa shape index (κ1) is 16.5. The zero-order valence-electron chi connectivity index (χ0n) is 12.8. The normalized spacial score (nSPS) is 26.2. The fourth-order valence-corrected chi connectivity index (χ4v) is 3.71. The molecule has 1 spiro atoms. The van der Waals surface area contributed by atoms with Gasteiger partial charge in [-0.15, -0.1) is 0 Å². The van der Waals surface area contributed by atoms with E-state index in [1.54, 1.807) is 20.8 Å². The second-order valence-electron chi connectivity index (χ2n) is 6.90. The summed E-state index contributed by atoms with van der Waals surface area (Å²) in [6.07, 6.45) is 0.934. The third-order valence-electron chi connectivity index (χ3n) is 4.28. The second kappa shape index (κ2) is 5.40. The van der Waals surface area contributed by atoms with Gasteiger partial charge in [0, 0.05) is 19.1 Å². The molecule has 2 aliphatic heterocycles. The topological polar surface area (TPSA) is 95.9 Å². The second-order valence-corrected chi connectivity index (χ2v) is 9.37. The van der Waals surface area contributed by atoms with Crippen LogP contribution < -0.4 is 4.72 Å². The van der Waals surface area contributed by atoms with Gasteiger partial charge in [-0.2, -0.15) is 0 Å². The lowest BCUT2D eigenvalue weighted by Gasteiger charge is -2.37. The van der Waals surface area contributed by atoms with Crippen LogP contribution in [0.5, 0.6) is 0 Å². The van der Waals surface area contributed by atoms with Gasteiger partial charge in [0.1, 0.15) is 0 Å². The highest BCUT2D eigenvalue weighted by Gasteiger charge is 2.45. The van der Waals surface area contributed by atoms with E-state index in [1.807, 2.05) is 0 Å². The molecule has 0 aromatic carbocycles. The molecule has 2 rings (SSSR count). The average molecular weight is 320 g/mol. The Labute approximate surface area is 125 Å². The number of hydrogen-bond acceptors (Lipinski definition) is 4. The lowest BCUT2D eigenvalue weighted by atomic mass is 9.88. The van der Waals surface area contributed by atoms with Crippen molar-refractivity contribution in [2.24, 2.45) is 0 Å². The first-order valence-corrected chi connectivity index (χ1v) is 8.67. The van der Waals surface area contributed by atoms with Gasteiger partial charge in [-0.1, -0.05) is 0 Å². The molecule has 2 N–H and O–H groups in total. The molecule has 1 amide bonds. The number of nitrogens with zero attached hydrogens (tertiary/aromatic N) is 1. The van der Waals surface area contributed by atoms with E-state index in [0.717, 1.165) is 0 Å². The maximum atomic E-state index is 12.2. The summed E-state index contributed by atoms with van der Waals surface area (Å²) in [5.41, 5.74) is -0.378. The van der Waals surface area contributed by atoms with E-state index >= 15 is 0 Å². The van der Waals surface area contributed by atoms with Gasteiger partial charge < -0.3 is 14.7 Å². The zero-order chi connectivity index (χ0) is 15.9. The summed E-state index contributed by atoms with van der Waals surface area (Å²) in [6.45, 7) is 6.20. The number of amides is 1. The predicted molar refractivity (Wildman–Crippen MR) is 77.7 cm³/mol. The summed E-state index contributed by atoms with van der Waals surface area (Å²) in [5, 5.41) is 8.96. The molecule has 8 heteroatoms. The van der Waals surface area contributed by atoms with Crippen molar-refractivity contribution in [2.75, 3.05) is 19.7 Å². The van der Waals surface area contributed by atoms with Gasteiger partial charge in [-0.25, -0.2) is 17.9 Å². The minimum atomic E-state index is -3.40. The van der Waals surface area contributed by atoms with E-state index < -0.39 is 20.9 Å². The third kappa shape index (κ3) is 3.49. The van der Waals surface area contributed by atoms with Gasteiger partial charge in [0.05, 0.1) is 17.0 Å². The Hall–Kier alpha value is -0.860. The van der Waals surface area contributed by atoms with Crippen LogP contribution in [0.15, 0.2) is 0 Å². The Morgan fingerprint density at radius 2 is 1.90 bits per heavy atom. The highest BCUT2D eigenvalue weighted by atomic mass is 32.2. The maximum absolute atomic E-state index is 12.2. The summed E-state index contributed by atoms with van der Waals surface area (Å²) in [7, 11) is -3.40. The lowest BCUT2D eigenvalue weighted by molar-refractivity contribution is -0.0394. The molecule has 2 aliphatic rings. The largest absolute Gasteiger partial charge is 0.465 e. The van der Waals surface area contributed by atoms with Crippen LogP contribution in [0.1, 0.15) is 40.0 Å². The smallest absolute Gasteiger partial charge is 0.407 e. The molecule has 1 atom stereocenters. The van der Waals surface area contributed by atoms with E-state index in [-0.39, 0.29) is 11.6 Å². The molecular weight excluding hydrogens is 296 g/mol. The first-order chi connectivity index (χ1) is 9.55. The number of piperidine rings is 1. The molecule has 21 heavy (non-hydrogen) atoms. The Kier molecular flexibility index (Phi) is 4.25. The number of nitrogens with one attached hydrogen (secondary N) is 1. The van der Waals surface area contributed by atoms with E-state index in [2.05, 4.69) is 4.72 Å². The monoisotopic (exact) mass is 320 g/mol. The molecule has 0 radical (unpaired) electrons. The van der Waals surface area contributed by atoms with Gasteiger partial charge >= 0.3 is 6.09 Å². The Morgan fingerprint density at radius 3 is 2.38 bits per heavy atom. The number of likely N-dealkylation sites (tertiary alicyclic amines) is 1. The van der Waals surface area contributed by atoms with E-state index in [4.69, 9.17) is 9.84 Å². The highest BCUT2D eigenvalue weighted by Crippen LogP contribution is 2.36. The number of carboxylic acid groups (broad SMARTS) is 1. The average Bonchev–Trinajstić information content (AvgIpc) is 2.70. The van der Waals surface area contributed by atoms with Crippen molar-refractivity contribution < 1.29 is 23.1 Å². The Balaban J connectivity index is 1.94. The molecule has 0 saturated carbocycles. The molecule has 2 saturated heterocycles. The number of sulfonamides is 1. The minimum absolute atomic E-state index is 0.231. The molecule has 2 heterocycles. The first-order valence-electron chi connectivity index (χ1n) is 7.18. The van der Waals surface area contributed by atoms with Crippen LogP contribution in [-0.4, -0.2) is 60.6 Å². The lowest BCUT2D eigenvalue weighted by Crippen LogP contribution is -2.48. The fraction of sp³-hybridized carbons (Fsp3) is 0.923. The highest BCUT2D eigenvalue weighted by molar-refractivity contribution is 7.90. The van der Waals surface area contributed by atoms with Crippen molar-refractivity contribution in [1.29, 1.82) is 0 Å². The summed E-state index contributed by atoms with van der Waals surface area (Å²) in [6, 6.07) is -0.231.